The molecule has 0 unspecified atom stereocenters. The van der Waals surface area contributed by atoms with E-state index in [-0.39, 0.29) is 0 Å². The Kier molecular flexibility index (Phi) is 3.71. The first-order chi connectivity index (χ1) is 11.3. The third kappa shape index (κ3) is 3.05. The van der Waals surface area contributed by atoms with E-state index in [1.807, 2.05) is 12.3 Å². The highest BCUT2D eigenvalue weighted by Gasteiger charge is 2.16. The van der Waals surface area contributed by atoms with Gasteiger partial charge in [0.15, 0.2) is 0 Å². The lowest BCUT2D eigenvalue weighted by atomic mass is 10.0. The maximum absolute atomic E-state index is 4.49. The maximum Gasteiger partial charge on any atom is 0.126 e. The minimum Gasteiger partial charge on any atom is -0.367 e. The molecule has 1 aromatic carbocycles. The van der Waals surface area contributed by atoms with Crippen LogP contribution in [-0.4, -0.2) is 46.0 Å². The van der Waals surface area contributed by atoms with Crippen LogP contribution in [0, 0.1) is 0 Å². The van der Waals surface area contributed by atoms with Gasteiger partial charge in [0.05, 0.1) is 17.4 Å². The minimum atomic E-state index is 0.518. The molecule has 4 rings (SSSR count). The van der Waals surface area contributed by atoms with Crippen molar-refractivity contribution in [3.63, 3.8) is 0 Å². The number of H-pyrrole nitrogens is 1. The van der Waals surface area contributed by atoms with Crippen LogP contribution in [-0.2, 0) is 0 Å². The van der Waals surface area contributed by atoms with E-state index < -0.39 is 0 Å². The van der Waals surface area contributed by atoms with Crippen LogP contribution in [0.4, 0.5) is 5.82 Å². The van der Waals surface area contributed by atoms with E-state index in [1.54, 1.807) is 6.33 Å². The standard InChI is InChI=1S/C18H21N5/c1-23-8-5-15(6-9-23)22-18-11-14(4-7-19-18)13-2-3-16-17(10-13)21-12-20-16/h2-4,7,10-12,15H,5-6,8-9H2,1H3,(H,19,22)(H,20,21). The first-order valence-corrected chi connectivity index (χ1v) is 8.12. The number of likely N-dealkylation sites (tertiary alicyclic amines) is 1. The predicted octanol–water partition coefficient (Wildman–Crippen LogP) is 3.13. The second-order valence-electron chi connectivity index (χ2n) is 6.29. The Balaban J connectivity index is 1.55. The molecule has 0 saturated carbocycles. The van der Waals surface area contributed by atoms with Crippen molar-refractivity contribution in [1.82, 2.24) is 19.9 Å². The van der Waals surface area contributed by atoms with Gasteiger partial charge in [-0.05, 0) is 68.4 Å². The highest BCUT2D eigenvalue weighted by molar-refractivity contribution is 5.81. The molecule has 23 heavy (non-hydrogen) atoms. The molecular formula is C18H21N5. The zero-order chi connectivity index (χ0) is 15.6. The van der Waals surface area contributed by atoms with E-state index in [0.717, 1.165) is 29.9 Å². The highest BCUT2D eigenvalue weighted by atomic mass is 15.1. The molecule has 1 aliphatic heterocycles. The molecule has 3 aromatic rings. The Hall–Kier alpha value is -2.40. The van der Waals surface area contributed by atoms with Gasteiger partial charge in [0.25, 0.3) is 0 Å². The van der Waals surface area contributed by atoms with Crippen LogP contribution in [0.1, 0.15) is 12.8 Å². The molecule has 1 fully saturated rings. The average molecular weight is 307 g/mol. The summed E-state index contributed by atoms with van der Waals surface area (Å²) < 4.78 is 0. The van der Waals surface area contributed by atoms with Crippen LogP contribution in [0.25, 0.3) is 22.2 Å². The van der Waals surface area contributed by atoms with Crippen LogP contribution in [0.5, 0.6) is 0 Å². The topological polar surface area (TPSA) is 56.8 Å². The van der Waals surface area contributed by atoms with Crippen molar-refractivity contribution in [2.45, 2.75) is 18.9 Å². The van der Waals surface area contributed by atoms with Crippen molar-refractivity contribution in [1.29, 1.82) is 0 Å². The van der Waals surface area contributed by atoms with Gasteiger partial charge in [-0.25, -0.2) is 9.97 Å². The number of hydrogen-bond acceptors (Lipinski definition) is 4. The highest BCUT2D eigenvalue weighted by Crippen LogP contribution is 2.25. The lowest BCUT2D eigenvalue weighted by Crippen LogP contribution is -2.36. The van der Waals surface area contributed by atoms with Gasteiger partial charge in [0.1, 0.15) is 5.82 Å². The monoisotopic (exact) mass is 307 g/mol. The lowest BCUT2D eigenvalue weighted by Gasteiger charge is -2.29. The number of nitrogens with zero attached hydrogens (tertiary/aromatic N) is 3. The summed E-state index contributed by atoms with van der Waals surface area (Å²) in [4.78, 5) is 14.3. The molecule has 2 N–H and O–H groups in total. The molecule has 0 aliphatic carbocycles. The number of hydrogen-bond donors (Lipinski definition) is 2. The van der Waals surface area contributed by atoms with Crippen molar-refractivity contribution in [2.75, 3.05) is 25.5 Å². The van der Waals surface area contributed by atoms with E-state index in [4.69, 9.17) is 0 Å². The summed E-state index contributed by atoms with van der Waals surface area (Å²) in [6.45, 7) is 2.29. The predicted molar refractivity (Wildman–Crippen MR) is 93.5 cm³/mol. The summed E-state index contributed by atoms with van der Waals surface area (Å²) in [6, 6.07) is 11.0. The number of fused-ring (bicyclic) bond motifs is 1. The van der Waals surface area contributed by atoms with Crippen molar-refractivity contribution >= 4 is 16.9 Å². The number of aromatic nitrogens is 3. The van der Waals surface area contributed by atoms with Crippen LogP contribution in [0.2, 0.25) is 0 Å². The smallest absolute Gasteiger partial charge is 0.126 e. The number of imidazole rings is 1. The second kappa shape index (κ2) is 6.01. The molecule has 3 heterocycles. The molecule has 2 aromatic heterocycles. The lowest BCUT2D eigenvalue weighted by molar-refractivity contribution is 0.263. The van der Waals surface area contributed by atoms with Gasteiger partial charge in [0.2, 0.25) is 0 Å². The number of benzene rings is 1. The second-order valence-corrected chi connectivity index (χ2v) is 6.29. The minimum absolute atomic E-state index is 0.518. The number of nitrogens with one attached hydrogen (secondary N) is 2. The maximum atomic E-state index is 4.49. The van der Waals surface area contributed by atoms with Gasteiger partial charge in [-0.15, -0.1) is 0 Å². The van der Waals surface area contributed by atoms with Gasteiger partial charge in [-0.1, -0.05) is 6.07 Å². The number of aromatic amines is 1. The molecule has 0 atom stereocenters. The molecule has 0 amide bonds. The quantitative estimate of drug-likeness (QED) is 0.780. The zero-order valence-corrected chi connectivity index (χ0v) is 13.3. The fraction of sp³-hybridized carbons (Fsp3) is 0.333. The summed E-state index contributed by atoms with van der Waals surface area (Å²) in [5.74, 6) is 0.960. The SMILES string of the molecule is CN1CCC(Nc2cc(-c3ccc4nc[nH]c4c3)ccn2)CC1. The Morgan fingerprint density at radius 2 is 1.91 bits per heavy atom. The third-order valence-electron chi connectivity index (χ3n) is 4.58. The van der Waals surface area contributed by atoms with E-state index in [9.17, 15) is 0 Å². The third-order valence-corrected chi connectivity index (χ3v) is 4.58. The van der Waals surface area contributed by atoms with Gasteiger partial charge < -0.3 is 15.2 Å². The molecule has 5 heteroatoms. The molecule has 0 bridgehead atoms. The summed E-state index contributed by atoms with van der Waals surface area (Å²) in [7, 11) is 2.18. The van der Waals surface area contributed by atoms with Crippen molar-refractivity contribution < 1.29 is 0 Å². The van der Waals surface area contributed by atoms with Crippen molar-refractivity contribution in [3.05, 3.63) is 42.9 Å². The summed E-state index contributed by atoms with van der Waals surface area (Å²) in [5.41, 5.74) is 4.40. The fourth-order valence-electron chi connectivity index (χ4n) is 3.17. The fourth-order valence-corrected chi connectivity index (χ4v) is 3.17. The summed E-state index contributed by atoms with van der Waals surface area (Å²) >= 11 is 0. The average Bonchev–Trinajstić information content (AvgIpc) is 3.05. The van der Waals surface area contributed by atoms with E-state index in [2.05, 4.69) is 56.5 Å². The van der Waals surface area contributed by atoms with E-state index in [0.29, 0.717) is 6.04 Å². The molecule has 1 aliphatic rings. The van der Waals surface area contributed by atoms with Crippen LogP contribution in [0.15, 0.2) is 42.9 Å². The number of rotatable bonds is 3. The largest absolute Gasteiger partial charge is 0.367 e. The number of anilines is 1. The normalized spacial score (nSPS) is 16.7. The summed E-state index contributed by atoms with van der Waals surface area (Å²) in [5, 5.41) is 3.59. The van der Waals surface area contributed by atoms with Crippen LogP contribution >= 0.6 is 0 Å². The molecule has 0 radical (unpaired) electrons. The molecular weight excluding hydrogens is 286 g/mol. The van der Waals surface area contributed by atoms with E-state index in [1.165, 1.54) is 24.0 Å². The molecule has 118 valence electrons. The van der Waals surface area contributed by atoms with Gasteiger partial charge in [-0.2, -0.15) is 0 Å². The number of piperidine rings is 1. The van der Waals surface area contributed by atoms with Crippen molar-refractivity contribution in [3.8, 4) is 11.1 Å². The van der Waals surface area contributed by atoms with Gasteiger partial charge >= 0.3 is 0 Å². The zero-order valence-electron chi connectivity index (χ0n) is 13.3. The van der Waals surface area contributed by atoms with Gasteiger partial charge in [0, 0.05) is 12.2 Å². The van der Waals surface area contributed by atoms with E-state index >= 15 is 0 Å². The molecule has 1 saturated heterocycles. The Bertz CT molecular complexity index is 802. The molecule has 5 nitrogen and oxygen atoms in total. The van der Waals surface area contributed by atoms with Crippen LogP contribution in [0.3, 0.4) is 0 Å². The van der Waals surface area contributed by atoms with Crippen molar-refractivity contribution in [2.24, 2.45) is 0 Å². The van der Waals surface area contributed by atoms with Crippen LogP contribution < -0.4 is 5.32 Å². The summed E-state index contributed by atoms with van der Waals surface area (Å²) in [6.07, 6.45) is 5.95. The van der Waals surface area contributed by atoms with Gasteiger partial charge in [-0.3, -0.25) is 0 Å². The Labute approximate surface area is 135 Å². The Morgan fingerprint density at radius 3 is 2.78 bits per heavy atom. The first kappa shape index (κ1) is 14.2. The first-order valence-electron chi connectivity index (χ1n) is 8.12. The molecule has 0 spiro atoms. The Morgan fingerprint density at radius 1 is 1.09 bits per heavy atom. The number of pyridine rings is 1.